The van der Waals surface area contributed by atoms with Crippen molar-refractivity contribution in [1.82, 2.24) is 15.2 Å². The molecule has 21 heavy (non-hydrogen) atoms. The lowest BCUT2D eigenvalue weighted by Crippen LogP contribution is -2.09. The van der Waals surface area contributed by atoms with Crippen LogP contribution in [0.25, 0.3) is 0 Å². The number of sulfone groups is 1. The number of nitrogens with one attached hydrogen (secondary N) is 1. The molecule has 0 saturated heterocycles. The van der Waals surface area contributed by atoms with Gasteiger partial charge in [0.1, 0.15) is 17.3 Å². The Kier molecular flexibility index (Phi) is 3.67. The second-order valence-corrected chi connectivity index (χ2v) is 7.32. The standard InChI is InChI=1S/C14H17N3O3S/c1-20-12-5-3-2-4-11(12)8-21(18,19)9-13-15-14(17-16-13)10-6-7-10/h2-5,10H,6-9H2,1H3,(H,15,16,17). The molecule has 0 amide bonds. The van der Waals surface area contributed by atoms with Gasteiger partial charge in [-0.15, -0.1) is 0 Å². The summed E-state index contributed by atoms with van der Waals surface area (Å²) in [7, 11) is -1.79. The Morgan fingerprint density at radius 1 is 1.29 bits per heavy atom. The first-order valence-electron chi connectivity index (χ1n) is 6.81. The van der Waals surface area contributed by atoms with E-state index in [2.05, 4.69) is 15.2 Å². The summed E-state index contributed by atoms with van der Waals surface area (Å²) >= 11 is 0. The molecular weight excluding hydrogens is 290 g/mol. The van der Waals surface area contributed by atoms with Crippen LogP contribution in [-0.4, -0.2) is 30.7 Å². The summed E-state index contributed by atoms with van der Waals surface area (Å²) in [5.41, 5.74) is 0.655. The maximum absolute atomic E-state index is 12.3. The van der Waals surface area contributed by atoms with Crippen molar-refractivity contribution in [1.29, 1.82) is 0 Å². The lowest BCUT2D eigenvalue weighted by atomic mass is 10.2. The topological polar surface area (TPSA) is 84.9 Å². The molecule has 0 aliphatic heterocycles. The summed E-state index contributed by atoms with van der Waals surface area (Å²) in [5, 5.41) is 6.80. The van der Waals surface area contributed by atoms with Gasteiger partial charge in [-0.3, -0.25) is 5.10 Å². The van der Waals surface area contributed by atoms with Crippen LogP contribution in [0.5, 0.6) is 5.75 Å². The maximum Gasteiger partial charge on any atom is 0.161 e. The Balaban J connectivity index is 1.73. The highest BCUT2D eigenvalue weighted by Crippen LogP contribution is 2.37. The van der Waals surface area contributed by atoms with Crippen molar-refractivity contribution >= 4 is 9.84 Å². The summed E-state index contributed by atoms with van der Waals surface area (Å²) in [5.74, 6) is 1.93. The molecule has 0 bridgehead atoms. The Hall–Kier alpha value is -1.89. The van der Waals surface area contributed by atoms with Crippen LogP contribution in [0.3, 0.4) is 0 Å². The van der Waals surface area contributed by atoms with Gasteiger partial charge in [0.05, 0.1) is 12.9 Å². The van der Waals surface area contributed by atoms with Gasteiger partial charge in [-0.2, -0.15) is 5.10 Å². The van der Waals surface area contributed by atoms with Crippen LogP contribution in [0.1, 0.15) is 36.0 Å². The molecule has 112 valence electrons. The molecule has 2 aromatic rings. The predicted molar refractivity (Wildman–Crippen MR) is 77.7 cm³/mol. The minimum absolute atomic E-state index is 0.0729. The Labute approximate surface area is 123 Å². The number of H-pyrrole nitrogens is 1. The fourth-order valence-electron chi connectivity index (χ4n) is 2.22. The fourth-order valence-corrected chi connectivity index (χ4v) is 3.58. The minimum Gasteiger partial charge on any atom is -0.496 e. The van der Waals surface area contributed by atoms with Gasteiger partial charge >= 0.3 is 0 Å². The van der Waals surface area contributed by atoms with Crippen LogP contribution < -0.4 is 4.74 Å². The van der Waals surface area contributed by atoms with Crippen molar-refractivity contribution in [3.63, 3.8) is 0 Å². The van der Waals surface area contributed by atoms with Crippen LogP contribution in [0.4, 0.5) is 0 Å². The molecule has 1 N–H and O–H groups in total. The third-order valence-electron chi connectivity index (χ3n) is 3.42. The zero-order valence-electron chi connectivity index (χ0n) is 11.7. The molecule has 3 rings (SSSR count). The van der Waals surface area contributed by atoms with Crippen LogP contribution in [-0.2, 0) is 21.3 Å². The first-order chi connectivity index (χ1) is 10.1. The fraction of sp³-hybridized carbons (Fsp3) is 0.429. The van der Waals surface area contributed by atoms with Crippen LogP contribution in [0.15, 0.2) is 24.3 Å². The monoisotopic (exact) mass is 307 g/mol. The molecule has 1 aromatic carbocycles. The van der Waals surface area contributed by atoms with E-state index >= 15 is 0 Å². The molecule has 0 spiro atoms. The molecule has 1 fully saturated rings. The van der Waals surface area contributed by atoms with Gasteiger partial charge in [0.15, 0.2) is 15.7 Å². The van der Waals surface area contributed by atoms with E-state index in [4.69, 9.17) is 4.74 Å². The molecule has 6 nitrogen and oxygen atoms in total. The molecule has 1 aromatic heterocycles. The van der Waals surface area contributed by atoms with Gasteiger partial charge in [-0.1, -0.05) is 18.2 Å². The van der Waals surface area contributed by atoms with Crippen molar-refractivity contribution in [2.24, 2.45) is 0 Å². The average molecular weight is 307 g/mol. The smallest absolute Gasteiger partial charge is 0.161 e. The van der Waals surface area contributed by atoms with E-state index < -0.39 is 9.84 Å². The van der Waals surface area contributed by atoms with Gasteiger partial charge in [-0.05, 0) is 18.9 Å². The maximum atomic E-state index is 12.3. The van der Waals surface area contributed by atoms with E-state index in [1.54, 1.807) is 18.2 Å². The number of aromatic amines is 1. The number of ether oxygens (including phenoxy) is 1. The lowest BCUT2D eigenvalue weighted by molar-refractivity contribution is 0.411. The van der Waals surface area contributed by atoms with E-state index in [-0.39, 0.29) is 11.5 Å². The summed E-state index contributed by atoms with van der Waals surface area (Å²) in [4.78, 5) is 4.26. The molecule has 1 heterocycles. The van der Waals surface area contributed by atoms with Crippen molar-refractivity contribution < 1.29 is 13.2 Å². The van der Waals surface area contributed by atoms with Gasteiger partial charge in [0, 0.05) is 11.5 Å². The minimum atomic E-state index is -3.33. The van der Waals surface area contributed by atoms with Crippen molar-refractivity contribution in [2.75, 3.05) is 7.11 Å². The average Bonchev–Trinajstić information content (AvgIpc) is 3.20. The number of aromatic nitrogens is 3. The van der Waals surface area contributed by atoms with E-state index in [9.17, 15) is 8.42 Å². The largest absolute Gasteiger partial charge is 0.496 e. The van der Waals surface area contributed by atoms with Gasteiger partial charge in [0.2, 0.25) is 0 Å². The zero-order chi connectivity index (χ0) is 14.9. The second kappa shape index (κ2) is 5.48. The molecule has 1 aliphatic rings. The van der Waals surface area contributed by atoms with Gasteiger partial charge < -0.3 is 4.74 Å². The number of benzene rings is 1. The SMILES string of the molecule is COc1ccccc1CS(=O)(=O)Cc1nc(C2CC2)n[nH]1. The highest BCUT2D eigenvalue weighted by Gasteiger charge is 2.28. The molecule has 0 radical (unpaired) electrons. The Morgan fingerprint density at radius 2 is 2.05 bits per heavy atom. The number of rotatable bonds is 6. The molecular formula is C14H17N3O3S. The van der Waals surface area contributed by atoms with Crippen molar-refractivity contribution in [2.45, 2.75) is 30.3 Å². The third-order valence-corrected chi connectivity index (χ3v) is 4.88. The molecule has 7 heteroatoms. The molecule has 0 atom stereocenters. The quantitative estimate of drug-likeness (QED) is 0.879. The summed E-state index contributed by atoms with van der Waals surface area (Å²) < 4.78 is 29.8. The summed E-state index contributed by atoms with van der Waals surface area (Å²) in [6.07, 6.45) is 2.18. The van der Waals surface area contributed by atoms with Crippen molar-refractivity contribution in [3.8, 4) is 5.75 Å². The Bertz CT molecular complexity index is 735. The van der Waals surface area contributed by atoms with E-state index in [0.717, 1.165) is 18.7 Å². The summed E-state index contributed by atoms with van der Waals surface area (Å²) in [6.45, 7) is 0. The number of hydrogen-bond donors (Lipinski definition) is 1. The zero-order valence-corrected chi connectivity index (χ0v) is 12.6. The molecule has 1 saturated carbocycles. The van der Waals surface area contributed by atoms with Crippen LogP contribution >= 0.6 is 0 Å². The van der Waals surface area contributed by atoms with E-state index in [0.29, 0.717) is 23.1 Å². The predicted octanol–water partition coefficient (Wildman–Crippen LogP) is 1.81. The van der Waals surface area contributed by atoms with Gasteiger partial charge in [-0.25, -0.2) is 13.4 Å². The number of hydrogen-bond acceptors (Lipinski definition) is 5. The van der Waals surface area contributed by atoms with Crippen molar-refractivity contribution in [3.05, 3.63) is 41.5 Å². The van der Waals surface area contributed by atoms with E-state index in [1.807, 2.05) is 6.07 Å². The van der Waals surface area contributed by atoms with Crippen LogP contribution in [0.2, 0.25) is 0 Å². The first-order valence-corrected chi connectivity index (χ1v) is 8.63. The van der Waals surface area contributed by atoms with Gasteiger partial charge in [0.25, 0.3) is 0 Å². The molecule has 1 aliphatic carbocycles. The second-order valence-electron chi connectivity index (χ2n) is 5.26. The number of methoxy groups -OCH3 is 1. The highest BCUT2D eigenvalue weighted by molar-refractivity contribution is 7.89. The number of para-hydroxylation sites is 1. The van der Waals surface area contributed by atoms with E-state index in [1.165, 1.54) is 7.11 Å². The Morgan fingerprint density at radius 3 is 2.76 bits per heavy atom. The lowest BCUT2D eigenvalue weighted by Gasteiger charge is -2.08. The molecule has 0 unspecified atom stereocenters. The first kappa shape index (κ1) is 14.1. The normalized spacial score (nSPS) is 15.1. The summed E-state index contributed by atoms with van der Waals surface area (Å²) in [6, 6.07) is 7.12. The highest BCUT2D eigenvalue weighted by atomic mass is 32.2. The third kappa shape index (κ3) is 3.41. The van der Waals surface area contributed by atoms with Crippen LogP contribution in [0, 0.1) is 0 Å². The number of nitrogens with zero attached hydrogens (tertiary/aromatic N) is 2.